The van der Waals surface area contributed by atoms with Crippen LogP contribution in [-0.4, -0.2) is 27.9 Å². The summed E-state index contributed by atoms with van der Waals surface area (Å²) in [7, 11) is -3.14. The van der Waals surface area contributed by atoms with Gasteiger partial charge in [0.2, 0.25) is 0 Å². The number of hydrogen-bond donors (Lipinski definition) is 0. The van der Waals surface area contributed by atoms with Crippen LogP contribution in [0.4, 0.5) is 0 Å². The molecule has 5 heteroatoms. The maximum atomic E-state index is 12.0. The molecular formula is C16H26O4S. The minimum absolute atomic E-state index is 0.0147. The van der Waals surface area contributed by atoms with Crippen molar-refractivity contribution in [2.45, 2.75) is 52.9 Å². The second-order valence-electron chi connectivity index (χ2n) is 6.89. The molecule has 1 saturated heterocycles. The first-order valence-electron chi connectivity index (χ1n) is 7.61. The Morgan fingerprint density at radius 2 is 1.76 bits per heavy atom. The molecule has 0 aromatic carbocycles. The van der Waals surface area contributed by atoms with Gasteiger partial charge in [0.25, 0.3) is 5.95 Å². The van der Waals surface area contributed by atoms with Crippen LogP contribution in [0.5, 0.6) is 0 Å². The molecule has 21 heavy (non-hydrogen) atoms. The van der Waals surface area contributed by atoms with Crippen LogP contribution in [0, 0.1) is 5.41 Å². The zero-order chi connectivity index (χ0) is 15.7. The summed E-state index contributed by atoms with van der Waals surface area (Å²) in [6, 6.07) is 0. The summed E-state index contributed by atoms with van der Waals surface area (Å²) in [5, 5.41) is 0. The highest BCUT2D eigenvalue weighted by Gasteiger charge is 2.32. The van der Waals surface area contributed by atoms with Gasteiger partial charge in [-0.2, -0.15) is 0 Å². The SMILES string of the molecule is CCCCC1=C(S(C)(=O)=O)CC(=C2OCC(C)(C)CO2)C1. The van der Waals surface area contributed by atoms with Crippen LogP contribution in [0.1, 0.15) is 52.9 Å². The molecule has 1 fully saturated rings. The Morgan fingerprint density at radius 1 is 1.14 bits per heavy atom. The van der Waals surface area contributed by atoms with Crippen LogP contribution in [0.3, 0.4) is 0 Å². The van der Waals surface area contributed by atoms with Crippen molar-refractivity contribution >= 4 is 9.84 Å². The van der Waals surface area contributed by atoms with Gasteiger partial charge in [-0.25, -0.2) is 8.42 Å². The lowest BCUT2D eigenvalue weighted by Gasteiger charge is -2.32. The zero-order valence-electron chi connectivity index (χ0n) is 13.5. The number of allylic oxidation sites excluding steroid dienone is 3. The van der Waals surface area contributed by atoms with E-state index in [-0.39, 0.29) is 5.41 Å². The lowest BCUT2D eigenvalue weighted by Crippen LogP contribution is -2.31. The van der Waals surface area contributed by atoms with E-state index < -0.39 is 9.84 Å². The molecule has 0 amide bonds. The predicted molar refractivity (Wildman–Crippen MR) is 83.3 cm³/mol. The lowest BCUT2D eigenvalue weighted by molar-refractivity contribution is -0.0876. The van der Waals surface area contributed by atoms with Gasteiger partial charge in [0, 0.05) is 28.6 Å². The summed E-state index contributed by atoms with van der Waals surface area (Å²) < 4.78 is 35.4. The molecule has 120 valence electrons. The third kappa shape index (κ3) is 4.02. The summed E-state index contributed by atoms with van der Waals surface area (Å²) in [4.78, 5) is 0.579. The van der Waals surface area contributed by atoms with E-state index in [1.165, 1.54) is 6.26 Å². The van der Waals surface area contributed by atoms with E-state index in [0.717, 1.165) is 30.4 Å². The fraction of sp³-hybridized carbons (Fsp3) is 0.750. The van der Waals surface area contributed by atoms with Crippen molar-refractivity contribution in [1.82, 2.24) is 0 Å². The molecule has 2 rings (SSSR count). The molecule has 0 radical (unpaired) electrons. The minimum atomic E-state index is -3.14. The number of rotatable bonds is 4. The summed E-state index contributed by atoms with van der Waals surface area (Å²) in [6.07, 6.45) is 5.36. The average Bonchev–Trinajstić information content (AvgIpc) is 2.80. The molecule has 0 N–H and O–H groups in total. The van der Waals surface area contributed by atoms with Crippen molar-refractivity contribution in [2.75, 3.05) is 19.5 Å². The molecule has 0 atom stereocenters. The molecule has 0 unspecified atom stereocenters. The molecule has 0 aromatic heterocycles. The quantitative estimate of drug-likeness (QED) is 0.796. The molecule has 0 spiro atoms. The van der Waals surface area contributed by atoms with Gasteiger partial charge in [-0.05, 0) is 19.3 Å². The van der Waals surface area contributed by atoms with Crippen molar-refractivity contribution in [1.29, 1.82) is 0 Å². The van der Waals surface area contributed by atoms with Crippen LogP contribution < -0.4 is 0 Å². The van der Waals surface area contributed by atoms with Crippen LogP contribution >= 0.6 is 0 Å². The van der Waals surface area contributed by atoms with Crippen molar-refractivity contribution in [3.05, 3.63) is 22.0 Å². The molecule has 4 nitrogen and oxygen atoms in total. The summed E-state index contributed by atoms with van der Waals surface area (Å²) >= 11 is 0. The second kappa shape index (κ2) is 6.03. The maximum absolute atomic E-state index is 12.0. The Balaban J connectivity index is 2.18. The van der Waals surface area contributed by atoms with Gasteiger partial charge < -0.3 is 9.47 Å². The van der Waals surface area contributed by atoms with Gasteiger partial charge in [-0.15, -0.1) is 0 Å². The second-order valence-corrected chi connectivity index (χ2v) is 8.93. The monoisotopic (exact) mass is 314 g/mol. The van der Waals surface area contributed by atoms with Gasteiger partial charge in [0.05, 0.1) is 13.2 Å². The minimum Gasteiger partial charge on any atom is -0.465 e. The number of unbranched alkanes of at least 4 members (excludes halogenated alkanes) is 1. The number of hydrogen-bond acceptors (Lipinski definition) is 4. The number of sulfone groups is 1. The Morgan fingerprint density at radius 3 is 2.29 bits per heavy atom. The van der Waals surface area contributed by atoms with E-state index in [4.69, 9.17) is 9.47 Å². The fourth-order valence-corrected chi connectivity index (χ4v) is 3.84. The van der Waals surface area contributed by atoms with Crippen LogP contribution in [0.2, 0.25) is 0 Å². The van der Waals surface area contributed by atoms with Crippen LogP contribution in [-0.2, 0) is 19.3 Å². The maximum Gasteiger partial charge on any atom is 0.278 e. The average molecular weight is 314 g/mol. The van der Waals surface area contributed by atoms with E-state index in [0.29, 0.717) is 36.9 Å². The summed E-state index contributed by atoms with van der Waals surface area (Å²) in [6.45, 7) is 7.53. The first-order valence-corrected chi connectivity index (χ1v) is 9.50. The molecule has 0 aromatic rings. The Labute approximate surface area is 128 Å². The lowest BCUT2D eigenvalue weighted by atomic mass is 9.95. The van der Waals surface area contributed by atoms with Gasteiger partial charge in [0.1, 0.15) is 0 Å². The van der Waals surface area contributed by atoms with Crippen molar-refractivity contribution in [2.24, 2.45) is 5.41 Å². The van der Waals surface area contributed by atoms with Crippen LogP contribution in [0.25, 0.3) is 0 Å². The smallest absolute Gasteiger partial charge is 0.278 e. The third-order valence-electron chi connectivity index (χ3n) is 3.95. The molecule has 1 aliphatic carbocycles. The van der Waals surface area contributed by atoms with Gasteiger partial charge in [-0.1, -0.05) is 32.8 Å². The Bertz CT molecular complexity index is 555. The number of ether oxygens (including phenoxy) is 2. The molecule has 0 saturated carbocycles. The highest BCUT2D eigenvalue weighted by atomic mass is 32.2. The highest BCUT2D eigenvalue weighted by Crippen LogP contribution is 2.40. The fourth-order valence-electron chi connectivity index (χ4n) is 2.70. The Kier molecular flexibility index (Phi) is 4.71. The van der Waals surface area contributed by atoms with Crippen molar-refractivity contribution in [3.8, 4) is 0 Å². The van der Waals surface area contributed by atoms with E-state index in [1.54, 1.807) is 0 Å². The van der Waals surface area contributed by atoms with E-state index >= 15 is 0 Å². The van der Waals surface area contributed by atoms with Crippen molar-refractivity contribution < 1.29 is 17.9 Å². The first kappa shape index (κ1) is 16.4. The molecule has 1 heterocycles. The summed E-state index contributed by atoms with van der Waals surface area (Å²) in [5.74, 6) is 0.557. The van der Waals surface area contributed by atoms with Gasteiger partial charge >= 0.3 is 0 Å². The molecule has 2 aliphatic rings. The predicted octanol–water partition coefficient (Wildman–Crippen LogP) is 3.55. The van der Waals surface area contributed by atoms with Gasteiger partial charge in [-0.3, -0.25) is 0 Å². The normalized spacial score (nSPS) is 22.3. The van der Waals surface area contributed by atoms with Crippen molar-refractivity contribution in [3.63, 3.8) is 0 Å². The first-order chi connectivity index (χ1) is 9.73. The van der Waals surface area contributed by atoms with E-state index in [1.807, 2.05) is 0 Å². The van der Waals surface area contributed by atoms with E-state index in [2.05, 4.69) is 20.8 Å². The molecular weight excluding hydrogens is 288 g/mol. The third-order valence-corrected chi connectivity index (χ3v) is 5.28. The molecule has 1 aliphatic heterocycles. The standard InChI is InChI=1S/C16H26O4S/c1-5-6-7-12-8-13(9-14(12)21(4,17)18)15-19-10-16(2,3)11-20-15/h5-11H2,1-4H3. The largest absolute Gasteiger partial charge is 0.465 e. The van der Waals surface area contributed by atoms with Crippen LogP contribution in [0.15, 0.2) is 22.0 Å². The Hall–Kier alpha value is -0.970. The van der Waals surface area contributed by atoms with E-state index in [9.17, 15) is 8.42 Å². The highest BCUT2D eigenvalue weighted by molar-refractivity contribution is 7.94. The zero-order valence-corrected chi connectivity index (χ0v) is 14.3. The van der Waals surface area contributed by atoms with Gasteiger partial charge in [0.15, 0.2) is 9.84 Å². The topological polar surface area (TPSA) is 52.6 Å². The molecule has 0 bridgehead atoms. The summed E-state index contributed by atoms with van der Waals surface area (Å²) in [5.41, 5.74) is 2.04.